The first-order valence-corrected chi connectivity index (χ1v) is 13.9. The SMILES string of the molecule is C=C(/C=C(NCCN1CCCC1)\C(Cl)=C(/C)C(F)(F)F)C(=O)Nc1ccc(C)c(-n2cc(-c3cnn(C)c3C)nn2)c1. The molecule has 224 valence electrons. The lowest BCUT2D eigenvalue weighted by molar-refractivity contribution is -0.112. The third-order valence-electron chi connectivity index (χ3n) is 7.26. The molecule has 0 unspecified atom stereocenters. The van der Waals surface area contributed by atoms with Crippen molar-refractivity contribution in [1.29, 1.82) is 0 Å². The van der Waals surface area contributed by atoms with E-state index >= 15 is 0 Å². The highest BCUT2D eigenvalue weighted by atomic mass is 35.5. The van der Waals surface area contributed by atoms with Gasteiger partial charge < -0.3 is 15.5 Å². The van der Waals surface area contributed by atoms with Gasteiger partial charge in [-0.3, -0.25) is 9.48 Å². The summed E-state index contributed by atoms with van der Waals surface area (Å²) in [6, 6.07) is 5.26. The quantitative estimate of drug-likeness (QED) is 0.238. The largest absolute Gasteiger partial charge is 0.413 e. The van der Waals surface area contributed by atoms with Gasteiger partial charge in [-0.05, 0) is 70.5 Å². The number of rotatable bonds is 10. The summed E-state index contributed by atoms with van der Waals surface area (Å²) in [6.07, 6.45) is 2.31. The number of likely N-dealkylation sites (tertiary alicyclic amines) is 1. The van der Waals surface area contributed by atoms with E-state index in [0.29, 0.717) is 30.2 Å². The fraction of sp³-hybridized carbons (Fsp3) is 0.379. The maximum Gasteiger partial charge on any atom is 0.413 e. The van der Waals surface area contributed by atoms with Crippen molar-refractivity contribution in [2.75, 3.05) is 31.5 Å². The van der Waals surface area contributed by atoms with E-state index in [2.05, 4.69) is 37.5 Å². The van der Waals surface area contributed by atoms with E-state index in [-0.39, 0.29) is 11.3 Å². The Hall–Kier alpha value is -3.90. The van der Waals surface area contributed by atoms with Crippen LogP contribution in [0.1, 0.15) is 31.0 Å². The molecule has 9 nitrogen and oxygen atoms in total. The number of carbonyl (C=O) groups excluding carboxylic acids is 1. The molecular formula is C29H34ClF3N8O. The van der Waals surface area contributed by atoms with E-state index in [1.54, 1.807) is 33.9 Å². The van der Waals surface area contributed by atoms with E-state index in [1.807, 2.05) is 27.0 Å². The molecule has 1 aliphatic rings. The van der Waals surface area contributed by atoms with E-state index < -0.39 is 22.7 Å². The molecule has 3 heterocycles. The number of anilines is 1. The number of amides is 1. The van der Waals surface area contributed by atoms with Crippen LogP contribution in [0.4, 0.5) is 18.9 Å². The van der Waals surface area contributed by atoms with E-state index in [0.717, 1.165) is 49.7 Å². The number of nitrogens with one attached hydrogen (secondary N) is 2. The molecule has 1 saturated heterocycles. The monoisotopic (exact) mass is 602 g/mol. The van der Waals surface area contributed by atoms with Crippen LogP contribution >= 0.6 is 11.6 Å². The van der Waals surface area contributed by atoms with E-state index in [4.69, 9.17) is 11.6 Å². The first-order chi connectivity index (χ1) is 19.8. The minimum atomic E-state index is -4.62. The molecule has 2 N–H and O–H groups in total. The Bertz CT molecular complexity index is 1530. The normalized spacial score (nSPS) is 15.1. The molecule has 1 aliphatic heterocycles. The molecule has 1 aromatic carbocycles. The zero-order valence-corrected chi connectivity index (χ0v) is 24.8. The van der Waals surface area contributed by atoms with Crippen LogP contribution in [0.25, 0.3) is 16.9 Å². The van der Waals surface area contributed by atoms with Crippen LogP contribution in [0.2, 0.25) is 0 Å². The molecule has 0 atom stereocenters. The highest BCUT2D eigenvalue weighted by Gasteiger charge is 2.33. The van der Waals surface area contributed by atoms with Crippen LogP contribution in [0.5, 0.6) is 0 Å². The minimum Gasteiger partial charge on any atom is -0.383 e. The number of aryl methyl sites for hydroxylation is 2. The van der Waals surface area contributed by atoms with Crippen LogP contribution < -0.4 is 10.6 Å². The van der Waals surface area contributed by atoms with Gasteiger partial charge in [-0.25, -0.2) is 4.68 Å². The molecule has 2 aromatic heterocycles. The Morgan fingerprint density at radius 3 is 2.57 bits per heavy atom. The molecule has 1 fully saturated rings. The summed E-state index contributed by atoms with van der Waals surface area (Å²) in [7, 11) is 1.85. The number of hydrogen-bond donors (Lipinski definition) is 2. The molecule has 4 rings (SSSR count). The average molecular weight is 603 g/mol. The van der Waals surface area contributed by atoms with Gasteiger partial charge in [0.05, 0.1) is 34.4 Å². The van der Waals surface area contributed by atoms with Gasteiger partial charge in [-0.15, -0.1) is 5.10 Å². The van der Waals surface area contributed by atoms with Crippen LogP contribution in [0.15, 0.2) is 65.1 Å². The lowest BCUT2D eigenvalue weighted by Gasteiger charge is -2.19. The van der Waals surface area contributed by atoms with Crippen molar-refractivity contribution < 1.29 is 18.0 Å². The number of hydrogen-bond acceptors (Lipinski definition) is 6. The second-order valence-corrected chi connectivity index (χ2v) is 10.6. The Morgan fingerprint density at radius 1 is 1.21 bits per heavy atom. The smallest absolute Gasteiger partial charge is 0.383 e. The maximum absolute atomic E-state index is 13.4. The van der Waals surface area contributed by atoms with Crippen molar-refractivity contribution in [2.24, 2.45) is 7.05 Å². The van der Waals surface area contributed by atoms with Crippen LogP contribution in [0.3, 0.4) is 0 Å². The van der Waals surface area contributed by atoms with Crippen LogP contribution in [0, 0.1) is 13.8 Å². The molecule has 42 heavy (non-hydrogen) atoms. The first-order valence-electron chi connectivity index (χ1n) is 13.5. The van der Waals surface area contributed by atoms with Crippen molar-refractivity contribution in [3.63, 3.8) is 0 Å². The summed E-state index contributed by atoms with van der Waals surface area (Å²) in [5.41, 5.74) is 3.41. The molecule has 1 amide bonds. The number of halogens is 4. The Morgan fingerprint density at radius 2 is 1.93 bits per heavy atom. The molecule has 13 heteroatoms. The molecule has 0 aliphatic carbocycles. The van der Waals surface area contributed by atoms with Gasteiger partial charge in [-0.1, -0.05) is 29.5 Å². The second kappa shape index (κ2) is 13.0. The third-order valence-corrected chi connectivity index (χ3v) is 7.75. The standard InChI is InChI=1S/C29H34ClF3N8O/c1-18-8-9-22(15-26(18)41-17-25(37-38-41)23-16-35-39(5)21(23)4)36-28(42)19(2)14-24(27(30)20(3)29(31,32)33)34-10-13-40-11-6-7-12-40/h8-9,14-17,34H,2,6-7,10-13H2,1,3-5H3,(H,36,42)/b24-14+,27-20-. The van der Waals surface area contributed by atoms with Gasteiger partial charge in [0.15, 0.2) is 0 Å². The number of nitrogens with zero attached hydrogens (tertiary/aromatic N) is 6. The van der Waals surface area contributed by atoms with Gasteiger partial charge in [-0.2, -0.15) is 18.3 Å². The number of benzene rings is 1. The summed E-state index contributed by atoms with van der Waals surface area (Å²) < 4.78 is 43.6. The molecule has 0 bridgehead atoms. The lowest BCUT2D eigenvalue weighted by atomic mass is 10.1. The summed E-state index contributed by atoms with van der Waals surface area (Å²) in [4.78, 5) is 15.3. The van der Waals surface area contributed by atoms with Crippen molar-refractivity contribution >= 4 is 23.2 Å². The topological polar surface area (TPSA) is 92.9 Å². The summed E-state index contributed by atoms with van der Waals surface area (Å²) in [5.74, 6) is -0.594. The molecular weight excluding hydrogens is 569 g/mol. The maximum atomic E-state index is 13.4. The Labute approximate surface area is 247 Å². The van der Waals surface area contributed by atoms with Crippen molar-refractivity contribution in [3.05, 3.63) is 76.4 Å². The third kappa shape index (κ3) is 7.29. The highest BCUT2D eigenvalue weighted by molar-refractivity contribution is 6.32. The Kier molecular flexibility index (Phi) is 9.57. The van der Waals surface area contributed by atoms with Gasteiger partial charge >= 0.3 is 6.18 Å². The zero-order valence-electron chi connectivity index (χ0n) is 24.0. The number of alkyl halides is 3. The molecule has 3 aromatic rings. The highest BCUT2D eigenvalue weighted by Crippen LogP contribution is 2.32. The minimum absolute atomic E-state index is 0.0173. The summed E-state index contributed by atoms with van der Waals surface area (Å²) in [6.45, 7) is 11.4. The first kappa shape index (κ1) is 31.0. The molecule has 0 radical (unpaired) electrons. The van der Waals surface area contributed by atoms with Crippen molar-refractivity contribution in [2.45, 2.75) is 39.8 Å². The predicted octanol–water partition coefficient (Wildman–Crippen LogP) is 5.42. The Balaban J connectivity index is 1.52. The van der Waals surface area contributed by atoms with Gasteiger partial charge in [0.25, 0.3) is 5.91 Å². The van der Waals surface area contributed by atoms with Crippen LogP contribution in [-0.2, 0) is 11.8 Å². The number of carbonyl (C=O) groups is 1. The zero-order chi connectivity index (χ0) is 30.6. The van der Waals surface area contributed by atoms with Gasteiger partial charge in [0.1, 0.15) is 5.69 Å². The lowest BCUT2D eigenvalue weighted by Crippen LogP contribution is -2.30. The summed E-state index contributed by atoms with van der Waals surface area (Å²) in [5, 5.41) is 18.0. The molecule has 0 saturated carbocycles. The second-order valence-electron chi connectivity index (χ2n) is 10.3. The fourth-order valence-corrected chi connectivity index (χ4v) is 4.74. The molecule has 0 spiro atoms. The predicted molar refractivity (Wildman–Crippen MR) is 157 cm³/mol. The number of allylic oxidation sites excluding steroid dienone is 2. The van der Waals surface area contributed by atoms with Gasteiger partial charge in [0.2, 0.25) is 0 Å². The van der Waals surface area contributed by atoms with E-state index in [1.165, 1.54) is 6.08 Å². The van der Waals surface area contributed by atoms with Crippen molar-refractivity contribution in [3.8, 4) is 16.9 Å². The van der Waals surface area contributed by atoms with Crippen molar-refractivity contribution in [1.82, 2.24) is 35.0 Å². The van der Waals surface area contributed by atoms with Crippen LogP contribution in [-0.4, -0.2) is 67.9 Å². The average Bonchev–Trinajstić information content (AvgIpc) is 3.70. The fourth-order valence-electron chi connectivity index (χ4n) is 4.51. The summed E-state index contributed by atoms with van der Waals surface area (Å²) >= 11 is 6.17. The number of aromatic nitrogens is 5. The van der Waals surface area contributed by atoms with Gasteiger partial charge in [0, 0.05) is 42.7 Å². The van der Waals surface area contributed by atoms with E-state index in [9.17, 15) is 18.0 Å².